The number of nitro benzene ring substituents is 1. The predicted molar refractivity (Wildman–Crippen MR) is 68.9 cm³/mol. The second-order valence-corrected chi connectivity index (χ2v) is 4.94. The van der Waals surface area contributed by atoms with Crippen molar-refractivity contribution in [2.24, 2.45) is 7.05 Å². The fourth-order valence-electron chi connectivity index (χ4n) is 1.50. The largest absolute Gasteiger partial charge is 0.389 e. The lowest BCUT2D eigenvalue weighted by Gasteiger charge is -2.07. The molecule has 1 aromatic heterocycles. The minimum atomic E-state index is -0.743. The molecule has 1 N–H and O–H groups in total. The third-order valence-corrected chi connectivity index (χ3v) is 3.65. The summed E-state index contributed by atoms with van der Waals surface area (Å²) in [5.41, 5.74) is 0.459. The van der Waals surface area contributed by atoms with Crippen molar-refractivity contribution in [3.8, 4) is 0 Å². The van der Waals surface area contributed by atoms with Crippen LogP contribution in [0.15, 0.2) is 34.6 Å². The van der Waals surface area contributed by atoms with E-state index in [2.05, 4.69) is 10.1 Å². The maximum atomic E-state index is 11.1. The number of benzene rings is 1. The van der Waals surface area contributed by atoms with E-state index in [1.807, 2.05) is 0 Å². The van der Waals surface area contributed by atoms with E-state index in [1.54, 1.807) is 26.1 Å². The van der Waals surface area contributed by atoms with Crippen molar-refractivity contribution in [1.82, 2.24) is 14.8 Å². The summed E-state index contributed by atoms with van der Waals surface area (Å²) in [5.74, 6) is 0. The number of hydrogen-bond acceptors (Lipinski definition) is 6. The van der Waals surface area contributed by atoms with Gasteiger partial charge in [0.2, 0.25) is 0 Å². The number of nitro groups is 1. The van der Waals surface area contributed by atoms with E-state index in [0.717, 1.165) is 11.8 Å². The van der Waals surface area contributed by atoms with E-state index in [4.69, 9.17) is 0 Å². The Kier molecular flexibility index (Phi) is 3.82. The van der Waals surface area contributed by atoms with Crippen LogP contribution >= 0.6 is 11.8 Å². The van der Waals surface area contributed by atoms with E-state index in [0.29, 0.717) is 15.6 Å². The lowest BCUT2D eigenvalue weighted by Crippen LogP contribution is -1.98. The quantitative estimate of drug-likeness (QED) is 0.679. The number of aromatic nitrogens is 3. The van der Waals surface area contributed by atoms with E-state index in [1.165, 1.54) is 17.1 Å². The van der Waals surface area contributed by atoms with Gasteiger partial charge in [0.25, 0.3) is 5.69 Å². The average molecular weight is 280 g/mol. The maximum absolute atomic E-state index is 11.1. The van der Waals surface area contributed by atoms with Crippen LogP contribution in [0.3, 0.4) is 0 Å². The second-order valence-electron chi connectivity index (χ2n) is 3.93. The first-order valence-electron chi connectivity index (χ1n) is 5.47. The lowest BCUT2D eigenvalue weighted by atomic mass is 10.1. The Hall–Kier alpha value is -1.93. The molecule has 0 bridgehead atoms. The monoisotopic (exact) mass is 280 g/mol. The van der Waals surface area contributed by atoms with E-state index in [-0.39, 0.29) is 5.69 Å². The van der Waals surface area contributed by atoms with Gasteiger partial charge >= 0.3 is 0 Å². The molecule has 1 aromatic carbocycles. The number of aliphatic hydroxyl groups excluding tert-OH is 1. The van der Waals surface area contributed by atoms with Gasteiger partial charge in [-0.15, -0.1) is 0 Å². The molecule has 0 unspecified atom stereocenters. The highest BCUT2D eigenvalue weighted by Gasteiger charge is 2.18. The third-order valence-electron chi connectivity index (χ3n) is 2.53. The molecular formula is C11H12N4O3S. The molecule has 19 heavy (non-hydrogen) atoms. The summed E-state index contributed by atoms with van der Waals surface area (Å²) in [4.78, 5) is 15.1. The van der Waals surface area contributed by atoms with Crippen molar-refractivity contribution in [2.45, 2.75) is 23.1 Å². The van der Waals surface area contributed by atoms with Gasteiger partial charge in [-0.05, 0) is 30.3 Å². The van der Waals surface area contributed by atoms with Crippen LogP contribution in [0.5, 0.6) is 0 Å². The van der Waals surface area contributed by atoms with Crippen LogP contribution in [0, 0.1) is 10.1 Å². The molecular weight excluding hydrogens is 268 g/mol. The van der Waals surface area contributed by atoms with Gasteiger partial charge in [0, 0.05) is 13.1 Å². The van der Waals surface area contributed by atoms with Crippen LogP contribution in [0.2, 0.25) is 0 Å². The van der Waals surface area contributed by atoms with Crippen LogP contribution in [0.1, 0.15) is 18.6 Å². The van der Waals surface area contributed by atoms with Crippen LogP contribution < -0.4 is 0 Å². The molecule has 0 saturated heterocycles. The van der Waals surface area contributed by atoms with Gasteiger partial charge in [-0.1, -0.05) is 6.07 Å². The molecule has 0 aliphatic rings. The summed E-state index contributed by atoms with van der Waals surface area (Å²) in [6.45, 7) is 1.56. The molecule has 0 aliphatic carbocycles. The fourth-order valence-corrected chi connectivity index (χ4v) is 2.35. The molecule has 1 atom stereocenters. The highest BCUT2D eigenvalue weighted by molar-refractivity contribution is 7.99. The van der Waals surface area contributed by atoms with Crippen LogP contribution in [0.25, 0.3) is 0 Å². The summed E-state index contributed by atoms with van der Waals surface area (Å²) in [6.07, 6.45) is 0.644. The normalized spacial score (nSPS) is 12.4. The minimum Gasteiger partial charge on any atom is -0.389 e. The smallest absolute Gasteiger partial charge is 0.283 e. The van der Waals surface area contributed by atoms with Crippen LogP contribution in [0.4, 0.5) is 5.69 Å². The Morgan fingerprint density at radius 3 is 2.79 bits per heavy atom. The van der Waals surface area contributed by atoms with Crippen molar-refractivity contribution >= 4 is 17.4 Å². The highest BCUT2D eigenvalue weighted by Crippen LogP contribution is 2.35. The fraction of sp³-hybridized carbons (Fsp3) is 0.273. The molecule has 0 saturated carbocycles. The highest BCUT2D eigenvalue weighted by atomic mass is 32.2. The topological polar surface area (TPSA) is 94.1 Å². The van der Waals surface area contributed by atoms with Gasteiger partial charge in [0.05, 0.1) is 15.9 Å². The molecule has 2 rings (SSSR count). The van der Waals surface area contributed by atoms with E-state index >= 15 is 0 Å². The molecule has 2 aromatic rings. The Labute approximate surface area is 113 Å². The summed E-state index contributed by atoms with van der Waals surface area (Å²) in [7, 11) is 1.71. The van der Waals surface area contributed by atoms with Crippen LogP contribution in [-0.4, -0.2) is 24.8 Å². The summed E-state index contributed by atoms with van der Waals surface area (Å²) >= 11 is 1.16. The molecule has 0 amide bonds. The van der Waals surface area contributed by atoms with E-state index in [9.17, 15) is 15.2 Å². The zero-order valence-corrected chi connectivity index (χ0v) is 11.2. The predicted octanol–water partition coefficient (Wildman–Crippen LogP) is 1.93. The van der Waals surface area contributed by atoms with Crippen LogP contribution in [-0.2, 0) is 7.05 Å². The number of aliphatic hydroxyl groups is 1. The van der Waals surface area contributed by atoms with Gasteiger partial charge < -0.3 is 5.11 Å². The van der Waals surface area contributed by atoms with Crippen molar-refractivity contribution in [3.63, 3.8) is 0 Å². The van der Waals surface area contributed by atoms with E-state index < -0.39 is 11.0 Å². The molecule has 1 heterocycles. The van der Waals surface area contributed by atoms with Gasteiger partial charge in [-0.2, -0.15) is 5.10 Å². The standard InChI is InChI=1S/C11H12N4O3S/c1-7(16)8-3-4-10(9(5-8)15(17)18)19-11-12-6-13-14(11)2/h3-7,16H,1-2H3/t7-/m1/s1. The first kappa shape index (κ1) is 13.5. The molecule has 0 fully saturated rings. The van der Waals surface area contributed by atoms with Gasteiger partial charge in [0.15, 0.2) is 5.16 Å². The number of nitrogens with zero attached hydrogens (tertiary/aromatic N) is 4. The molecule has 8 heteroatoms. The van der Waals surface area contributed by atoms with Gasteiger partial charge in [-0.25, -0.2) is 9.67 Å². The molecule has 0 spiro atoms. The number of aryl methyl sites for hydroxylation is 1. The average Bonchev–Trinajstić information content (AvgIpc) is 2.75. The summed E-state index contributed by atoms with van der Waals surface area (Å²) in [6, 6.07) is 4.65. The second kappa shape index (κ2) is 5.37. The lowest BCUT2D eigenvalue weighted by molar-refractivity contribution is -0.387. The SMILES string of the molecule is C[C@@H](O)c1ccc(Sc2ncnn2C)c([N+](=O)[O-])c1. The molecule has 7 nitrogen and oxygen atoms in total. The number of rotatable bonds is 4. The first-order valence-corrected chi connectivity index (χ1v) is 6.29. The Morgan fingerprint density at radius 1 is 1.53 bits per heavy atom. The zero-order chi connectivity index (χ0) is 14.0. The van der Waals surface area contributed by atoms with Gasteiger partial charge in [0.1, 0.15) is 6.33 Å². The Bertz CT molecular complexity index is 612. The number of hydrogen-bond donors (Lipinski definition) is 1. The zero-order valence-electron chi connectivity index (χ0n) is 10.3. The first-order chi connectivity index (χ1) is 8.99. The van der Waals surface area contributed by atoms with Gasteiger partial charge in [-0.3, -0.25) is 10.1 Å². The molecule has 0 aliphatic heterocycles. The summed E-state index contributed by atoms with van der Waals surface area (Å²) < 4.78 is 1.54. The molecule has 100 valence electrons. The minimum absolute atomic E-state index is 0.0496. The maximum Gasteiger partial charge on any atom is 0.283 e. The third kappa shape index (κ3) is 2.91. The van der Waals surface area contributed by atoms with Crippen molar-refractivity contribution in [1.29, 1.82) is 0 Å². The van der Waals surface area contributed by atoms with Crippen molar-refractivity contribution in [3.05, 3.63) is 40.2 Å². The van der Waals surface area contributed by atoms with Crippen molar-refractivity contribution < 1.29 is 10.0 Å². The Morgan fingerprint density at radius 2 is 2.26 bits per heavy atom. The molecule has 0 radical (unpaired) electrons. The summed E-state index contributed by atoms with van der Waals surface area (Å²) in [5, 5.41) is 25.0. The Balaban J connectivity index is 2.40. The van der Waals surface area contributed by atoms with Crippen molar-refractivity contribution in [2.75, 3.05) is 0 Å².